The van der Waals surface area contributed by atoms with Crippen molar-refractivity contribution < 1.29 is 5.11 Å². The quantitative estimate of drug-likeness (QED) is 0.589. The molecule has 0 radical (unpaired) electrons. The topological polar surface area (TPSA) is 38.0 Å². The van der Waals surface area contributed by atoms with Gasteiger partial charge in [0.25, 0.3) is 0 Å². The van der Waals surface area contributed by atoms with Gasteiger partial charge in [-0.25, -0.2) is 4.98 Å². The molecule has 0 aliphatic heterocycles. The molecule has 2 aromatic rings. The van der Waals surface area contributed by atoms with Crippen molar-refractivity contribution in [2.75, 3.05) is 0 Å². The highest BCUT2D eigenvalue weighted by atomic mass is 16.3. The Kier molecular flexibility index (Phi) is 3.98. The smallest absolute Gasteiger partial charge is 0.100 e. The van der Waals surface area contributed by atoms with Crippen LogP contribution in [0.1, 0.15) is 59.3 Å². The van der Waals surface area contributed by atoms with E-state index >= 15 is 0 Å². The van der Waals surface area contributed by atoms with Crippen LogP contribution in [0.15, 0.2) is 48.3 Å². The third-order valence-corrected chi connectivity index (χ3v) is 9.63. The van der Waals surface area contributed by atoms with Crippen molar-refractivity contribution in [2.24, 2.45) is 34.5 Å². The predicted octanol–water partition coefficient (Wildman–Crippen LogP) is 6.06. The predicted molar refractivity (Wildman–Crippen MR) is 122 cm³/mol. The molecule has 7 atom stereocenters. The number of nitrogens with zero attached hydrogens (tertiary/aromatic N) is 2. The van der Waals surface area contributed by atoms with Crippen LogP contribution in [0.5, 0.6) is 0 Å². The van der Waals surface area contributed by atoms with Crippen molar-refractivity contribution in [3.8, 4) is 0 Å². The molecule has 4 aliphatic carbocycles. The van der Waals surface area contributed by atoms with Gasteiger partial charge >= 0.3 is 0 Å². The van der Waals surface area contributed by atoms with E-state index in [0.29, 0.717) is 23.2 Å². The van der Waals surface area contributed by atoms with E-state index in [-0.39, 0.29) is 11.5 Å². The first-order chi connectivity index (χ1) is 14.4. The average molecular weight is 403 g/mol. The molecule has 0 bridgehead atoms. The molecule has 2 fully saturated rings. The number of imidazole rings is 1. The van der Waals surface area contributed by atoms with Gasteiger partial charge in [0.2, 0.25) is 0 Å². The van der Waals surface area contributed by atoms with Gasteiger partial charge in [-0.05, 0) is 79.7 Å². The lowest BCUT2D eigenvalue weighted by molar-refractivity contribution is -0.0691. The van der Waals surface area contributed by atoms with Gasteiger partial charge in [-0.3, -0.25) is 0 Å². The van der Waals surface area contributed by atoms with Crippen LogP contribution < -0.4 is 0 Å². The third-order valence-electron chi connectivity index (χ3n) is 9.63. The first kappa shape index (κ1) is 18.9. The summed E-state index contributed by atoms with van der Waals surface area (Å²) in [7, 11) is 0. The van der Waals surface area contributed by atoms with Crippen molar-refractivity contribution in [3.63, 3.8) is 0 Å². The summed E-state index contributed by atoms with van der Waals surface area (Å²) >= 11 is 0. The maximum absolute atomic E-state index is 11.4. The average Bonchev–Trinajstić information content (AvgIpc) is 3.30. The molecule has 1 heterocycles. The van der Waals surface area contributed by atoms with Crippen LogP contribution >= 0.6 is 0 Å². The molecule has 1 N–H and O–H groups in total. The Morgan fingerprint density at radius 1 is 1.07 bits per heavy atom. The zero-order valence-electron chi connectivity index (χ0n) is 18.5. The first-order valence-corrected chi connectivity index (χ1v) is 11.9. The van der Waals surface area contributed by atoms with Gasteiger partial charge in [-0.15, -0.1) is 0 Å². The number of aliphatic hydroxyl groups excluding tert-OH is 1. The summed E-state index contributed by atoms with van der Waals surface area (Å²) in [6.07, 6.45) is 13.8. The Labute approximate surface area is 179 Å². The zero-order chi connectivity index (χ0) is 20.7. The van der Waals surface area contributed by atoms with Crippen molar-refractivity contribution in [3.05, 3.63) is 48.3 Å². The van der Waals surface area contributed by atoms with Crippen molar-refractivity contribution in [1.29, 1.82) is 0 Å². The molecule has 2 saturated carbocycles. The SMILES string of the molecule is C[C@H]1CC[C@@]2(C)C(=CC(O)C3C2CC[C@]2(C)C(n4cnc5ccccc54)=CCC32)C1. The molecule has 0 amide bonds. The van der Waals surface area contributed by atoms with Crippen LogP contribution in [-0.2, 0) is 0 Å². The molecule has 0 saturated heterocycles. The van der Waals surface area contributed by atoms with Crippen molar-refractivity contribution in [2.45, 2.75) is 65.4 Å². The summed E-state index contributed by atoms with van der Waals surface area (Å²) in [5.74, 6) is 2.26. The summed E-state index contributed by atoms with van der Waals surface area (Å²) in [6, 6.07) is 8.45. The standard InChI is InChI=1S/C27H34N2O/c1-17-10-12-26(2)18(14-17)15-23(30)25-19-8-9-24(27(19,3)13-11-20(25)26)29-16-28-21-6-4-5-7-22(21)29/h4-7,9,15-17,19-20,23,25,30H,8,10-14H2,1-3H3/t17-,19?,20?,23?,25?,26-,27-/m0/s1. The first-order valence-electron chi connectivity index (χ1n) is 11.9. The highest BCUT2D eigenvalue weighted by Crippen LogP contribution is 2.66. The normalized spacial score (nSPS) is 42.9. The molecule has 4 unspecified atom stereocenters. The molecule has 30 heavy (non-hydrogen) atoms. The molecule has 3 heteroatoms. The molecule has 0 spiro atoms. The summed E-state index contributed by atoms with van der Waals surface area (Å²) in [4.78, 5) is 4.66. The maximum atomic E-state index is 11.4. The summed E-state index contributed by atoms with van der Waals surface area (Å²) in [6.45, 7) is 7.35. The highest BCUT2D eigenvalue weighted by molar-refractivity contribution is 5.80. The minimum atomic E-state index is -0.291. The van der Waals surface area contributed by atoms with Crippen LogP contribution in [0.3, 0.4) is 0 Å². The number of para-hydroxylation sites is 2. The van der Waals surface area contributed by atoms with E-state index in [9.17, 15) is 5.11 Å². The Morgan fingerprint density at radius 2 is 1.87 bits per heavy atom. The number of rotatable bonds is 1. The van der Waals surface area contributed by atoms with Crippen LogP contribution in [0.2, 0.25) is 0 Å². The lowest BCUT2D eigenvalue weighted by Crippen LogP contribution is -2.54. The Morgan fingerprint density at radius 3 is 2.73 bits per heavy atom. The minimum Gasteiger partial charge on any atom is -0.389 e. The molecule has 3 nitrogen and oxygen atoms in total. The number of allylic oxidation sites excluding steroid dienone is 3. The van der Waals surface area contributed by atoms with Gasteiger partial charge in [-0.2, -0.15) is 0 Å². The lowest BCUT2D eigenvalue weighted by Gasteiger charge is -2.59. The molecule has 1 aromatic carbocycles. The van der Waals surface area contributed by atoms with Crippen LogP contribution in [0, 0.1) is 34.5 Å². The second-order valence-corrected chi connectivity index (χ2v) is 11.1. The molecule has 158 valence electrons. The van der Waals surface area contributed by atoms with E-state index in [1.165, 1.54) is 43.3 Å². The van der Waals surface area contributed by atoms with Gasteiger partial charge in [0, 0.05) is 11.1 Å². The summed E-state index contributed by atoms with van der Waals surface area (Å²) < 4.78 is 2.33. The van der Waals surface area contributed by atoms with Gasteiger partial charge in [-0.1, -0.05) is 50.6 Å². The maximum Gasteiger partial charge on any atom is 0.100 e. The van der Waals surface area contributed by atoms with E-state index in [0.717, 1.165) is 17.9 Å². The summed E-state index contributed by atoms with van der Waals surface area (Å²) in [5.41, 5.74) is 5.63. The Bertz CT molecular complexity index is 1060. The second kappa shape index (κ2) is 6.32. The number of fused-ring (bicyclic) bond motifs is 6. The molecular formula is C27H34N2O. The lowest BCUT2D eigenvalue weighted by atomic mass is 9.47. The molecular weight excluding hydrogens is 368 g/mol. The monoisotopic (exact) mass is 402 g/mol. The highest BCUT2D eigenvalue weighted by Gasteiger charge is 2.59. The molecule has 4 aliphatic rings. The Balaban J connectivity index is 1.39. The largest absolute Gasteiger partial charge is 0.389 e. The number of hydrogen-bond donors (Lipinski definition) is 1. The van der Waals surface area contributed by atoms with E-state index < -0.39 is 0 Å². The Hall–Kier alpha value is -1.87. The zero-order valence-corrected chi connectivity index (χ0v) is 18.5. The number of benzene rings is 1. The fraction of sp³-hybridized carbons (Fsp3) is 0.593. The van der Waals surface area contributed by atoms with Crippen molar-refractivity contribution in [1.82, 2.24) is 9.55 Å². The molecule has 6 rings (SSSR count). The summed E-state index contributed by atoms with van der Waals surface area (Å²) in [5, 5.41) is 11.4. The van der Waals surface area contributed by atoms with Gasteiger partial charge < -0.3 is 9.67 Å². The number of hydrogen-bond acceptors (Lipinski definition) is 2. The fourth-order valence-corrected chi connectivity index (χ4v) is 7.91. The number of aliphatic hydroxyl groups is 1. The minimum absolute atomic E-state index is 0.106. The van der Waals surface area contributed by atoms with E-state index in [2.05, 4.69) is 66.7 Å². The van der Waals surface area contributed by atoms with Crippen LogP contribution in [0.4, 0.5) is 0 Å². The second-order valence-electron chi connectivity index (χ2n) is 11.1. The van der Waals surface area contributed by atoms with Gasteiger partial charge in [0.15, 0.2) is 0 Å². The van der Waals surface area contributed by atoms with E-state index in [1.54, 1.807) is 5.57 Å². The molecule has 1 aromatic heterocycles. The van der Waals surface area contributed by atoms with Gasteiger partial charge in [0.1, 0.15) is 6.33 Å². The number of aromatic nitrogens is 2. The van der Waals surface area contributed by atoms with E-state index in [1.807, 2.05) is 6.33 Å². The third kappa shape index (κ3) is 2.39. The van der Waals surface area contributed by atoms with Gasteiger partial charge in [0.05, 0.1) is 17.1 Å². The van der Waals surface area contributed by atoms with Crippen molar-refractivity contribution >= 4 is 16.7 Å². The van der Waals surface area contributed by atoms with E-state index in [4.69, 9.17) is 0 Å². The fourth-order valence-electron chi connectivity index (χ4n) is 7.91. The van der Waals surface area contributed by atoms with Crippen LogP contribution in [-0.4, -0.2) is 20.8 Å². The van der Waals surface area contributed by atoms with Crippen LogP contribution in [0.25, 0.3) is 16.7 Å².